The number of benzene rings is 2. The van der Waals surface area contributed by atoms with Crippen LogP contribution in [0.4, 0.5) is 0 Å². The number of ether oxygens (including phenoxy) is 3. The largest absolute Gasteiger partial charge is 1.00 e. The first-order valence-electron chi connectivity index (χ1n) is 10.2. The van der Waals surface area contributed by atoms with Crippen LogP contribution in [-0.2, 0) is 4.74 Å². The number of rotatable bonds is 10. The van der Waals surface area contributed by atoms with Crippen molar-refractivity contribution in [3.8, 4) is 11.5 Å². The average Bonchev–Trinajstić information content (AvgIpc) is 2.82. The van der Waals surface area contributed by atoms with Gasteiger partial charge in [0.05, 0.1) is 13.2 Å². The fourth-order valence-corrected chi connectivity index (χ4v) is 3.32. The maximum Gasteiger partial charge on any atom is 1.00 e. The Hall–Kier alpha value is -2.64. The Labute approximate surface area is 252 Å². The molecule has 180 valence electrons. The Morgan fingerprint density at radius 1 is 0.676 bits per heavy atom. The van der Waals surface area contributed by atoms with Gasteiger partial charge in [0.15, 0.2) is 22.4 Å². The third kappa shape index (κ3) is 7.23. The molecule has 2 aromatic carbocycles. The standard InChI is InChI=1S/C24H18O11.2Na/c25-13-11-19(23(27)28)34-17-5-1-3-15(21(13)17)32-9-7-31-8-10-33-16-4-2-6-18-22(16)14(26)12-20(35-18)24(29)30;;/h1-6,11-12H,7-10H2,(H,27,28)(H,29,30);;/q;2*+1/p-2. The van der Waals surface area contributed by atoms with E-state index < -0.39 is 34.3 Å². The normalized spacial score (nSPS) is 10.4. The number of aromatic carboxylic acids is 2. The van der Waals surface area contributed by atoms with E-state index in [1.807, 2.05) is 0 Å². The number of hydrogen-bond donors (Lipinski definition) is 0. The first-order valence-corrected chi connectivity index (χ1v) is 10.2. The Kier molecular flexibility index (Phi) is 11.4. The minimum atomic E-state index is -1.60. The third-order valence-electron chi connectivity index (χ3n) is 4.81. The van der Waals surface area contributed by atoms with Crippen molar-refractivity contribution in [2.75, 3.05) is 26.4 Å². The third-order valence-corrected chi connectivity index (χ3v) is 4.81. The van der Waals surface area contributed by atoms with Crippen LogP contribution in [0.3, 0.4) is 0 Å². The van der Waals surface area contributed by atoms with Gasteiger partial charge >= 0.3 is 59.1 Å². The minimum absolute atomic E-state index is 0. The van der Waals surface area contributed by atoms with Crippen LogP contribution < -0.4 is 89.7 Å². The van der Waals surface area contributed by atoms with E-state index in [1.165, 1.54) is 12.1 Å². The second-order valence-corrected chi connectivity index (χ2v) is 7.09. The first kappa shape index (κ1) is 30.6. The van der Waals surface area contributed by atoms with Gasteiger partial charge in [-0.15, -0.1) is 0 Å². The van der Waals surface area contributed by atoms with Gasteiger partial charge in [0.2, 0.25) is 0 Å². The Morgan fingerprint density at radius 2 is 1.08 bits per heavy atom. The molecule has 13 heteroatoms. The molecule has 0 radical (unpaired) electrons. The van der Waals surface area contributed by atoms with E-state index in [9.17, 15) is 29.4 Å². The zero-order valence-corrected chi connectivity index (χ0v) is 23.9. The number of carboxylic acid groups (broad SMARTS) is 2. The van der Waals surface area contributed by atoms with Gasteiger partial charge in [0.1, 0.15) is 58.6 Å². The van der Waals surface area contributed by atoms with E-state index in [0.29, 0.717) is 0 Å². The fourth-order valence-electron chi connectivity index (χ4n) is 3.32. The summed E-state index contributed by atoms with van der Waals surface area (Å²) in [7, 11) is 0. The molecule has 0 aliphatic heterocycles. The summed E-state index contributed by atoms with van der Waals surface area (Å²) in [4.78, 5) is 46.4. The van der Waals surface area contributed by atoms with Crippen LogP contribution in [-0.4, -0.2) is 38.4 Å². The van der Waals surface area contributed by atoms with Crippen molar-refractivity contribution in [1.29, 1.82) is 0 Å². The summed E-state index contributed by atoms with van der Waals surface area (Å²) >= 11 is 0. The number of carboxylic acids is 2. The number of carbonyl (C=O) groups excluding carboxylic acids is 2. The van der Waals surface area contributed by atoms with Crippen molar-refractivity contribution >= 4 is 33.9 Å². The molecule has 0 aliphatic carbocycles. The zero-order valence-electron chi connectivity index (χ0n) is 19.9. The van der Waals surface area contributed by atoms with Gasteiger partial charge < -0.3 is 42.8 Å². The van der Waals surface area contributed by atoms with Crippen LogP contribution in [0.1, 0.15) is 21.1 Å². The summed E-state index contributed by atoms with van der Waals surface area (Å²) < 4.78 is 26.9. The van der Waals surface area contributed by atoms with E-state index in [1.54, 1.807) is 24.3 Å². The van der Waals surface area contributed by atoms with Crippen LogP contribution >= 0.6 is 0 Å². The monoisotopic (exact) mass is 526 g/mol. The molecule has 0 saturated carbocycles. The summed E-state index contributed by atoms with van der Waals surface area (Å²) in [5, 5.41) is 22.1. The number of carbonyl (C=O) groups is 2. The maximum absolute atomic E-state index is 12.3. The summed E-state index contributed by atoms with van der Waals surface area (Å²) in [6.45, 7) is 0.416. The predicted molar refractivity (Wildman–Crippen MR) is 115 cm³/mol. The SMILES string of the molecule is O=C([O-])c1cc(=O)c2c(OCCOCCOc3cccc4oc(C(=O)[O-])cc(=O)c34)cccc2o1.[Na+].[Na+]. The van der Waals surface area contributed by atoms with E-state index in [-0.39, 0.29) is 119 Å². The minimum Gasteiger partial charge on any atom is -0.542 e. The Balaban J connectivity index is 0.00000241. The van der Waals surface area contributed by atoms with Gasteiger partial charge in [-0.25, -0.2) is 0 Å². The van der Waals surface area contributed by atoms with Crippen LogP contribution in [0.25, 0.3) is 21.9 Å². The molecule has 0 N–H and O–H groups in total. The van der Waals surface area contributed by atoms with Crippen molar-refractivity contribution in [3.05, 3.63) is 80.5 Å². The van der Waals surface area contributed by atoms with Crippen molar-refractivity contribution in [1.82, 2.24) is 0 Å². The molecule has 2 heterocycles. The quantitative estimate of drug-likeness (QED) is 0.143. The van der Waals surface area contributed by atoms with Gasteiger partial charge in [-0.05, 0) is 24.3 Å². The number of hydrogen-bond acceptors (Lipinski definition) is 11. The molecule has 0 saturated heterocycles. The molecule has 0 unspecified atom stereocenters. The average molecular weight is 526 g/mol. The van der Waals surface area contributed by atoms with E-state index in [4.69, 9.17) is 23.0 Å². The van der Waals surface area contributed by atoms with Gasteiger partial charge in [0, 0.05) is 12.1 Å². The van der Waals surface area contributed by atoms with Gasteiger partial charge in [0.25, 0.3) is 0 Å². The second-order valence-electron chi connectivity index (χ2n) is 7.09. The molecule has 4 aromatic rings. The molecule has 0 amide bonds. The zero-order chi connectivity index (χ0) is 24.9. The van der Waals surface area contributed by atoms with Crippen molar-refractivity contribution < 1.29 is 102 Å². The molecule has 4 rings (SSSR count). The Bertz CT molecular complexity index is 1430. The molecule has 0 aliphatic rings. The van der Waals surface area contributed by atoms with Crippen molar-refractivity contribution in [2.24, 2.45) is 0 Å². The molecule has 2 aromatic heterocycles. The summed E-state index contributed by atoms with van der Waals surface area (Å²) in [5.41, 5.74) is -1.06. The van der Waals surface area contributed by atoms with Crippen LogP contribution in [0, 0.1) is 0 Å². The summed E-state index contributed by atoms with van der Waals surface area (Å²) in [6.07, 6.45) is 0. The van der Waals surface area contributed by atoms with Crippen LogP contribution in [0.2, 0.25) is 0 Å². The topological polar surface area (TPSA) is 168 Å². The van der Waals surface area contributed by atoms with Crippen LogP contribution in [0.15, 0.2) is 67.0 Å². The smallest absolute Gasteiger partial charge is 0.542 e. The summed E-state index contributed by atoms with van der Waals surface area (Å²) in [6, 6.07) is 10.7. The van der Waals surface area contributed by atoms with E-state index >= 15 is 0 Å². The Morgan fingerprint density at radius 3 is 1.46 bits per heavy atom. The van der Waals surface area contributed by atoms with Crippen molar-refractivity contribution in [2.45, 2.75) is 0 Å². The van der Waals surface area contributed by atoms with Gasteiger partial charge in [-0.2, -0.15) is 0 Å². The van der Waals surface area contributed by atoms with Gasteiger partial charge in [-0.3, -0.25) is 9.59 Å². The fraction of sp³-hybridized carbons (Fsp3) is 0.167. The molecule has 11 nitrogen and oxygen atoms in total. The van der Waals surface area contributed by atoms with Gasteiger partial charge in [-0.1, -0.05) is 12.1 Å². The van der Waals surface area contributed by atoms with Crippen LogP contribution in [0.5, 0.6) is 11.5 Å². The molecule has 0 fully saturated rings. The molecule has 0 spiro atoms. The maximum atomic E-state index is 12.3. The molecular formula is C24H16Na2O11. The molecule has 37 heavy (non-hydrogen) atoms. The van der Waals surface area contributed by atoms with E-state index in [0.717, 1.165) is 12.1 Å². The molecule has 0 bridgehead atoms. The second kappa shape index (κ2) is 13.8. The molecule has 0 atom stereocenters. The summed E-state index contributed by atoms with van der Waals surface area (Å²) in [5.74, 6) is -3.94. The molecular weight excluding hydrogens is 510 g/mol. The number of fused-ring (bicyclic) bond motifs is 2. The first-order chi connectivity index (χ1) is 16.8. The van der Waals surface area contributed by atoms with Crippen molar-refractivity contribution in [3.63, 3.8) is 0 Å². The van der Waals surface area contributed by atoms with E-state index in [2.05, 4.69) is 0 Å². The predicted octanol–water partition coefficient (Wildman–Crippen LogP) is -5.89.